The monoisotopic (exact) mass is 409 g/mol. The third-order valence-electron chi connectivity index (χ3n) is 4.34. The van der Waals surface area contributed by atoms with Gasteiger partial charge in [0, 0.05) is 39.1 Å². The molecule has 1 aromatic carbocycles. The van der Waals surface area contributed by atoms with Crippen molar-refractivity contribution in [3.63, 3.8) is 0 Å². The van der Waals surface area contributed by atoms with Crippen LogP contribution < -0.4 is 15.4 Å². The Balaban J connectivity index is 0.00000364. The summed E-state index contributed by atoms with van der Waals surface area (Å²) in [6.45, 7) is 3.77. The van der Waals surface area contributed by atoms with Crippen molar-refractivity contribution in [3.8, 4) is 5.75 Å². The zero-order chi connectivity index (χ0) is 19.0. The van der Waals surface area contributed by atoms with E-state index in [0.717, 1.165) is 11.3 Å². The van der Waals surface area contributed by atoms with Gasteiger partial charge in [-0.15, -0.1) is 12.4 Å². The number of hydrogen-bond acceptors (Lipinski definition) is 4. The molecule has 1 aliphatic heterocycles. The smallest absolute Gasteiger partial charge is 0.405 e. The first-order valence-corrected chi connectivity index (χ1v) is 8.90. The first-order valence-electron chi connectivity index (χ1n) is 8.90. The minimum atomic E-state index is -4.36. The van der Waals surface area contributed by atoms with Crippen molar-refractivity contribution in [3.05, 3.63) is 29.8 Å². The molecule has 9 heteroatoms. The quantitative estimate of drug-likeness (QED) is 0.692. The number of nitrogens with one attached hydrogen (secondary N) is 2. The Morgan fingerprint density at radius 2 is 1.89 bits per heavy atom. The molecule has 0 bridgehead atoms. The average Bonchev–Trinajstić information content (AvgIpc) is 2.61. The number of hydrogen-bond donors (Lipinski definition) is 2. The van der Waals surface area contributed by atoms with Crippen LogP contribution in [0.25, 0.3) is 0 Å². The zero-order valence-electron chi connectivity index (χ0n) is 15.3. The fraction of sp³-hybridized carbons (Fsp3) is 0.611. The van der Waals surface area contributed by atoms with Gasteiger partial charge in [0.1, 0.15) is 11.8 Å². The summed E-state index contributed by atoms with van der Waals surface area (Å²) in [7, 11) is 0. The minimum Gasteiger partial charge on any atom is -0.494 e. The van der Waals surface area contributed by atoms with Crippen LogP contribution in [0.15, 0.2) is 24.3 Å². The van der Waals surface area contributed by atoms with E-state index >= 15 is 0 Å². The fourth-order valence-electron chi connectivity index (χ4n) is 2.92. The van der Waals surface area contributed by atoms with Gasteiger partial charge < -0.3 is 15.4 Å². The predicted octanol–water partition coefficient (Wildman–Crippen LogP) is 2.39. The molecular weight excluding hydrogens is 383 g/mol. The van der Waals surface area contributed by atoms with E-state index < -0.39 is 18.8 Å². The van der Waals surface area contributed by atoms with Crippen LogP contribution in [0.1, 0.15) is 18.9 Å². The van der Waals surface area contributed by atoms with Crippen molar-refractivity contribution >= 4 is 18.3 Å². The Hall–Kier alpha value is -1.51. The highest BCUT2D eigenvalue weighted by Gasteiger charge is 2.43. The number of alkyl halides is 3. The molecule has 1 unspecified atom stereocenters. The third-order valence-corrected chi connectivity index (χ3v) is 4.34. The molecule has 1 saturated heterocycles. The molecule has 27 heavy (non-hydrogen) atoms. The third kappa shape index (κ3) is 7.94. The summed E-state index contributed by atoms with van der Waals surface area (Å²) in [5, 5.41) is 5.47. The highest BCUT2D eigenvalue weighted by Crippen LogP contribution is 2.24. The van der Waals surface area contributed by atoms with E-state index in [1.165, 1.54) is 4.90 Å². The number of carbonyl (C=O) groups excluding carboxylic acids is 1. The molecule has 1 atom stereocenters. The normalized spacial score (nSPS) is 16.3. The fourth-order valence-corrected chi connectivity index (χ4v) is 2.92. The largest absolute Gasteiger partial charge is 0.494 e. The Bertz CT molecular complexity index is 564. The lowest BCUT2D eigenvalue weighted by Gasteiger charge is -2.35. The molecule has 1 amide bonds. The number of piperazine rings is 1. The standard InChI is InChI=1S/C18H26F3N3O2.ClH/c1-2-26-15-6-3-14(4-7-15)5-8-17(25)23-13-16(18(19,20)21)24-11-9-22-10-12-24;/h3-4,6-7,16,22H,2,5,8-13H2,1H3,(H,23,25);1H. The molecule has 1 fully saturated rings. The number of rotatable bonds is 8. The van der Waals surface area contributed by atoms with Gasteiger partial charge in [-0.05, 0) is 31.0 Å². The van der Waals surface area contributed by atoms with Gasteiger partial charge in [0.15, 0.2) is 0 Å². The van der Waals surface area contributed by atoms with E-state index in [1.54, 1.807) is 0 Å². The number of benzene rings is 1. The summed E-state index contributed by atoms with van der Waals surface area (Å²) >= 11 is 0. The van der Waals surface area contributed by atoms with Crippen LogP contribution in [0.3, 0.4) is 0 Å². The molecule has 2 N–H and O–H groups in total. The van der Waals surface area contributed by atoms with Crippen LogP contribution in [-0.4, -0.2) is 62.4 Å². The first kappa shape index (κ1) is 23.5. The lowest BCUT2D eigenvalue weighted by molar-refractivity contribution is -0.184. The van der Waals surface area contributed by atoms with Crippen molar-refractivity contribution in [1.29, 1.82) is 0 Å². The van der Waals surface area contributed by atoms with E-state index in [4.69, 9.17) is 4.74 Å². The maximum Gasteiger partial charge on any atom is 0.405 e. The van der Waals surface area contributed by atoms with Gasteiger partial charge >= 0.3 is 6.18 Å². The molecular formula is C18H27ClF3N3O2. The van der Waals surface area contributed by atoms with Gasteiger partial charge in [-0.3, -0.25) is 9.69 Å². The lowest BCUT2D eigenvalue weighted by atomic mass is 10.1. The molecule has 0 saturated carbocycles. The van der Waals surface area contributed by atoms with E-state index in [9.17, 15) is 18.0 Å². The average molecular weight is 410 g/mol. The van der Waals surface area contributed by atoms with Crippen molar-refractivity contribution in [2.24, 2.45) is 0 Å². The SMILES string of the molecule is CCOc1ccc(CCC(=O)NCC(N2CCNCC2)C(F)(F)F)cc1.Cl. The van der Waals surface area contributed by atoms with Crippen LogP contribution in [0, 0.1) is 0 Å². The predicted molar refractivity (Wildman–Crippen MR) is 100 cm³/mol. The summed E-state index contributed by atoms with van der Waals surface area (Å²) in [6.07, 6.45) is -3.73. The molecule has 0 radical (unpaired) electrons. The van der Waals surface area contributed by atoms with Gasteiger partial charge in [0.2, 0.25) is 5.91 Å². The van der Waals surface area contributed by atoms with Gasteiger partial charge in [0.25, 0.3) is 0 Å². The summed E-state index contributed by atoms with van der Waals surface area (Å²) in [4.78, 5) is 13.3. The Labute approximate surface area is 164 Å². The first-order chi connectivity index (χ1) is 12.4. The maximum absolute atomic E-state index is 13.3. The summed E-state index contributed by atoms with van der Waals surface area (Å²) in [5.41, 5.74) is 0.943. The minimum absolute atomic E-state index is 0. The number of amides is 1. The number of carbonyl (C=O) groups is 1. The summed E-state index contributed by atoms with van der Waals surface area (Å²) < 4.78 is 45.2. The van der Waals surface area contributed by atoms with E-state index in [1.807, 2.05) is 31.2 Å². The maximum atomic E-state index is 13.3. The molecule has 5 nitrogen and oxygen atoms in total. The van der Waals surface area contributed by atoms with Crippen LogP contribution in [-0.2, 0) is 11.2 Å². The van der Waals surface area contributed by atoms with Crippen molar-refractivity contribution in [2.45, 2.75) is 32.0 Å². The molecule has 0 aromatic heterocycles. The Kier molecular flexibility index (Phi) is 9.90. The highest BCUT2D eigenvalue weighted by atomic mass is 35.5. The van der Waals surface area contributed by atoms with Crippen molar-refractivity contribution in [2.75, 3.05) is 39.3 Å². The second-order valence-electron chi connectivity index (χ2n) is 6.22. The molecule has 1 heterocycles. The molecule has 1 aromatic rings. The second kappa shape index (κ2) is 11.4. The summed E-state index contributed by atoms with van der Waals surface area (Å²) in [5.74, 6) is 0.382. The number of aryl methyl sites for hydroxylation is 1. The van der Waals surface area contributed by atoms with Gasteiger partial charge in [-0.2, -0.15) is 13.2 Å². The molecule has 1 aliphatic rings. The van der Waals surface area contributed by atoms with E-state index in [0.29, 0.717) is 39.2 Å². The topological polar surface area (TPSA) is 53.6 Å². The Morgan fingerprint density at radius 1 is 1.26 bits per heavy atom. The highest BCUT2D eigenvalue weighted by molar-refractivity contribution is 5.85. The van der Waals surface area contributed by atoms with Crippen LogP contribution in [0.5, 0.6) is 5.75 Å². The number of halogens is 4. The van der Waals surface area contributed by atoms with Crippen LogP contribution in [0.4, 0.5) is 13.2 Å². The molecule has 2 rings (SSSR count). The van der Waals surface area contributed by atoms with Gasteiger partial charge in [-0.25, -0.2) is 0 Å². The van der Waals surface area contributed by atoms with Gasteiger partial charge in [-0.1, -0.05) is 12.1 Å². The van der Waals surface area contributed by atoms with E-state index in [2.05, 4.69) is 10.6 Å². The lowest BCUT2D eigenvalue weighted by Crippen LogP contribution is -2.57. The van der Waals surface area contributed by atoms with Crippen molar-refractivity contribution < 1.29 is 22.7 Å². The van der Waals surface area contributed by atoms with Crippen LogP contribution >= 0.6 is 12.4 Å². The second-order valence-corrected chi connectivity index (χ2v) is 6.22. The van der Waals surface area contributed by atoms with E-state index in [-0.39, 0.29) is 24.7 Å². The zero-order valence-corrected chi connectivity index (χ0v) is 16.2. The number of nitrogens with zero attached hydrogens (tertiary/aromatic N) is 1. The van der Waals surface area contributed by atoms with Crippen LogP contribution in [0.2, 0.25) is 0 Å². The molecule has 0 spiro atoms. The Morgan fingerprint density at radius 3 is 2.44 bits per heavy atom. The summed E-state index contributed by atoms with van der Waals surface area (Å²) in [6, 6.07) is 5.72. The molecule has 154 valence electrons. The number of ether oxygens (including phenoxy) is 1. The molecule has 0 aliphatic carbocycles. The van der Waals surface area contributed by atoms with Crippen molar-refractivity contribution in [1.82, 2.24) is 15.5 Å². The van der Waals surface area contributed by atoms with Gasteiger partial charge in [0.05, 0.1) is 6.61 Å².